The number of hydrogen-bond acceptors (Lipinski definition) is 7. The lowest BCUT2D eigenvalue weighted by molar-refractivity contribution is -0.151. The summed E-state index contributed by atoms with van der Waals surface area (Å²) >= 11 is 1.60. The van der Waals surface area contributed by atoms with Crippen LogP contribution in [0.15, 0.2) is 29.8 Å². The third kappa shape index (κ3) is 3.07. The zero-order valence-electron chi connectivity index (χ0n) is 17.6. The Morgan fingerprint density at radius 1 is 1.37 bits per heavy atom. The second-order valence-corrected chi connectivity index (χ2v) is 8.96. The van der Waals surface area contributed by atoms with Crippen molar-refractivity contribution in [1.82, 2.24) is 20.0 Å². The lowest BCUT2D eigenvalue weighted by Gasteiger charge is -2.33. The van der Waals surface area contributed by atoms with Crippen molar-refractivity contribution >= 4 is 38.6 Å². The lowest BCUT2D eigenvalue weighted by atomic mass is 9.70. The molecule has 1 N–H and O–H groups in total. The summed E-state index contributed by atoms with van der Waals surface area (Å²) in [5, 5.41) is 21.4. The van der Waals surface area contributed by atoms with Gasteiger partial charge in [0.15, 0.2) is 5.65 Å². The SMILES string of the molecule is COC(=O)C(C)(C)[C@@H](c1cc(CO)c2sccc2c1)c1cnc2c(nnn2C)c1C. The van der Waals surface area contributed by atoms with E-state index in [0.29, 0.717) is 11.2 Å². The molecule has 0 unspecified atom stereocenters. The minimum absolute atomic E-state index is 0.0728. The predicted octanol–water partition coefficient (Wildman–Crippen LogP) is 3.71. The highest BCUT2D eigenvalue weighted by Crippen LogP contribution is 2.45. The fourth-order valence-electron chi connectivity index (χ4n) is 4.23. The van der Waals surface area contributed by atoms with Crippen LogP contribution in [0.3, 0.4) is 0 Å². The van der Waals surface area contributed by atoms with Crippen LogP contribution in [0.2, 0.25) is 0 Å². The Bertz CT molecular complexity index is 1260. The van der Waals surface area contributed by atoms with E-state index in [1.54, 1.807) is 29.3 Å². The molecule has 0 fully saturated rings. The van der Waals surface area contributed by atoms with Crippen LogP contribution in [0.4, 0.5) is 0 Å². The molecule has 30 heavy (non-hydrogen) atoms. The first kappa shape index (κ1) is 20.4. The van der Waals surface area contributed by atoms with E-state index in [2.05, 4.69) is 21.4 Å². The van der Waals surface area contributed by atoms with Crippen LogP contribution < -0.4 is 0 Å². The molecule has 0 radical (unpaired) electrons. The normalized spacial score (nSPS) is 13.1. The van der Waals surface area contributed by atoms with E-state index in [4.69, 9.17) is 4.74 Å². The molecule has 0 saturated carbocycles. The van der Waals surface area contributed by atoms with Gasteiger partial charge in [0.2, 0.25) is 0 Å². The average molecular weight is 425 g/mol. The largest absolute Gasteiger partial charge is 0.469 e. The summed E-state index contributed by atoms with van der Waals surface area (Å²) in [5.74, 6) is -0.666. The molecule has 0 aliphatic heterocycles. The fourth-order valence-corrected chi connectivity index (χ4v) is 5.12. The first-order valence-electron chi connectivity index (χ1n) is 9.63. The van der Waals surface area contributed by atoms with Gasteiger partial charge in [0.05, 0.1) is 19.1 Å². The average Bonchev–Trinajstić information content (AvgIpc) is 3.35. The highest BCUT2D eigenvalue weighted by atomic mass is 32.1. The Morgan fingerprint density at radius 2 is 2.13 bits per heavy atom. The standard InChI is InChI=1S/C22H24N4O3S/c1-12-16(10-23-20-18(12)24-25-26(20)4)17(22(2,3)21(28)29-5)14-8-13-6-7-30-19(13)15(9-14)11-27/h6-10,17,27H,11H2,1-5H3/t17-/m0/s1. The van der Waals surface area contributed by atoms with Crippen molar-refractivity contribution in [3.63, 3.8) is 0 Å². The Balaban J connectivity index is 2.01. The number of aliphatic hydroxyl groups is 1. The first-order chi connectivity index (χ1) is 14.3. The molecular weight excluding hydrogens is 400 g/mol. The Hall–Kier alpha value is -2.84. The quantitative estimate of drug-likeness (QED) is 0.491. The summed E-state index contributed by atoms with van der Waals surface area (Å²) in [6, 6.07) is 6.09. The maximum Gasteiger partial charge on any atom is 0.312 e. The van der Waals surface area contributed by atoms with Crippen LogP contribution in [0.25, 0.3) is 21.3 Å². The second-order valence-electron chi connectivity index (χ2n) is 8.05. The van der Waals surface area contributed by atoms with E-state index in [0.717, 1.165) is 32.3 Å². The van der Waals surface area contributed by atoms with Gasteiger partial charge in [0.1, 0.15) is 5.52 Å². The van der Waals surface area contributed by atoms with Crippen LogP contribution >= 0.6 is 11.3 Å². The van der Waals surface area contributed by atoms with Gasteiger partial charge in [-0.05, 0) is 65.9 Å². The van der Waals surface area contributed by atoms with Gasteiger partial charge in [-0.25, -0.2) is 9.67 Å². The van der Waals surface area contributed by atoms with Gasteiger partial charge in [-0.3, -0.25) is 4.79 Å². The van der Waals surface area contributed by atoms with E-state index < -0.39 is 5.41 Å². The highest BCUT2D eigenvalue weighted by Gasteiger charge is 2.41. The Kier molecular flexibility index (Phi) is 5.07. The van der Waals surface area contributed by atoms with Crippen molar-refractivity contribution in [2.75, 3.05) is 7.11 Å². The van der Waals surface area contributed by atoms with E-state index in [1.165, 1.54) is 7.11 Å². The monoisotopic (exact) mass is 424 g/mol. The number of aromatic nitrogens is 4. The highest BCUT2D eigenvalue weighted by molar-refractivity contribution is 7.17. The van der Waals surface area contributed by atoms with Crippen LogP contribution in [-0.2, 0) is 23.2 Å². The van der Waals surface area contributed by atoms with Gasteiger partial charge in [-0.1, -0.05) is 11.3 Å². The number of esters is 1. The van der Waals surface area contributed by atoms with Gasteiger partial charge in [0.25, 0.3) is 0 Å². The molecule has 0 aliphatic rings. The molecule has 1 atom stereocenters. The van der Waals surface area contributed by atoms with Gasteiger partial charge in [0, 0.05) is 23.9 Å². The molecule has 3 heterocycles. The second kappa shape index (κ2) is 7.45. The van der Waals surface area contributed by atoms with Crippen molar-refractivity contribution in [3.05, 3.63) is 52.0 Å². The van der Waals surface area contributed by atoms with Gasteiger partial charge in [-0.2, -0.15) is 0 Å². The molecule has 4 rings (SSSR count). The number of rotatable bonds is 5. The molecule has 0 bridgehead atoms. The van der Waals surface area contributed by atoms with E-state index >= 15 is 0 Å². The number of benzene rings is 1. The number of carbonyl (C=O) groups excluding carboxylic acids is 1. The minimum atomic E-state index is -0.881. The topological polar surface area (TPSA) is 90.1 Å². The molecule has 7 nitrogen and oxygen atoms in total. The number of nitrogens with zero attached hydrogens (tertiary/aromatic N) is 4. The van der Waals surface area contributed by atoms with E-state index in [9.17, 15) is 9.90 Å². The lowest BCUT2D eigenvalue weighted by Crippen LogP contribution is -2.34. The summed E-state index contributed by atoms with van der Waals surface area (Å²) in [7, 11) is 3.20. The maximum absolute atomic E-state index is 12.8. The van der Waals surface area contributed by atoms with Crippen molar-refractivity contribution in [3.8, 4) is 0 Å². The number of carbonyl (C=O) groups is 1. The predicted molar refractivity (Wildman–Crippen MR) is 116 cm³/mol. The van der Waals surface area contributed by atoms with Crippen LogP contribution in [-0.4, -0.2) is 38.2 Å². The molecular formula is C22H24N4O3S. The minimum Gasteiger partial charge on any atom is -0.469 e. The zero-order chi connectivity index (χ0) is 21.6. The molecule has 0 amide bonds. The van der Waals surface area contributed by atoms with Crippen molar-refractivity contribution < 1.29 is 14.6 Å². The number of ether oxygens (including phenoxy) is 1. The Morgan fingerprint density at radius 3 is 2.83 bits per heavy atom. The molecule has 0 spiro atoms. The number of aryl methyl sites for hydroxylation is 2. The zero-order valence-corrected chi connectivity index (χ0v) is 18.4. The molecule has 1 aromatic carbocycles. The summed E-state index contributed by atoms with van der Waals surface area (Å²) < 4.78 is 7.84. The number of pyridine rings is 1. The molecule has 3 aromatic heterocycles. The number of thiophene rings is 1. The summed E-state index contributed by atoms with van der Waals surface area (Å²) in [6.45, 7) is 5.65. The van der Waals surface area contributed by atoms with Crippen molar-refractivity contribution in [2.45, 2.75) is 33.3 Å². The Labute approximate surface area is 178 Å². The third-order valence-electron chi connectivity index (χ3n) is 5.81. The van der Waals surface area contributed by atoms with E-state index in [-0.39, 0.29) is 18.5 Å². The maximum atomic E-state index is 12.8. The summed E-state index contributed by atoms with van der Waals surface area (Å²) in [5.41, 5.74) is 4.09. The number of hydrogen-bond donors (Lipinski definition) is 1. The van der Waals surface area contributed by atoms with Gasteiger partial charge < -0.3 is 9.84 Å². The van der Waals surface area contributed by atoms with Crippen LogP contribution in [0.1, 0.15) is 42.0 Å². The number of fused-ring (bicyclic) bond motifs is 2. The van der Waals surface area contributed by atoms with Gasteiger partial charge >= 0.3 is 5.97 Å². The van der Waals surface area contributed by atoms with Crippen molar-refractivity contribution in [2.24, 2.45) is 12.5 Å². The molecule has 0 aliphatic carbocycles. The molecule has 8 heteroatoms. The molecule has 156 valence electrons. The van der Waals surface area contributed by atoms with Crippen LogP contribution in [0, 0.1) is 12.3 Å². The molecule has 4 aromatic rings. The first-order valence-corrected chi connectivity index (χ1v) is 10.5. The summed E-state index contributed by atoms with van der Waals surface area (Å²) in [6.07, 6.45) is 1.80. The van der Waals surface area contributed by atoms with Crippen molar-refractivity contribution in [1.29, 1.82) is 0 Å². The fraction of sp³-hybridized carbons (Fsp3) is 0.364. The smallest absolute Gasteiger partial charge is 0.312 e. The van der Waals surface area contributed by atoms with Gasteiger partial charge in [-0.15, -0.1) is 16.4 Å². The van der Waals surface area contributed by atoms with E-state index in [1.807, 2.05) is 38.3 Å². The van der Waals surface area contributed by atoms with Crippen LogP contribution in [0.5, 0.6) is 0 Å². The number of methoxy groups -OCH3 is 1. The summed E-state index contributed by atoms with van der Waals surface area (Å²) in [4.78, 5) is 17.4. The number of aliphatic hydroxyl groups excluding tert-OH is 1. The molecule has 0 saturated heterocycles. The third-order valence-corrected chi connectivity index (χ3v) is 6.82.